The van der Waals surface area contributed by atoms with Crippen molar-refractivity contribution in [3.63, 3.8) is 0 Å². The zero-order chi connectivity index (χ0) is 20.3. The molecular formula is C19H20ClFN4O3. The van der Waals surface area contributed by atoms with Crippen LogP contribution >= 0.6 is 11.6 Å². The smallest absolute Gasteiger partial charge is 0.270 e. The van der Waals surface area contributed by atoms with Gasteiger partial charge in [-0.25, -0.2) is 4.39 Å². The summed E-state index contributed by atoms with van der Waals surface area (Å²) >= 11 is 6.11. The lowest BCUT2D eigenvalue weighted by atomic mass is 10.1. The second-order valence-corrected chi connectivity index (χ2v) is 6.91. The number of non-ortho nitro benzene ring substituents is 1. The van der Waals surface area contributed by atoms with Crippen molar-refractivity contribution in [2.75, 3.05) is 38.1 Å². The lowest BCUT2D eigenvalue weighted by molar-refractivity contribution is -0.384. The molecule has 3 rings (SSSR count). The van der Waals surface area contributed by atoms with Crippen LogP contribution in [-0.4, -0.2) is 49.0 Å². The van der Waals surface area contributed by atoms with Crippen LogP contribution in [0.15, 0.2) is 36.4 Å². The predicted molar refractivity (Wildman–Crippen MR) is 105 cm³/mol. The van der Waals surface area contributed by atoms with E-state index in [9.17, 15) is 19.3 Å². The minimum Gasteiger partial charge on any atom is -0.368 e. The molecule has 1 N–H and O–H groups in total. The van der Waals surface area contributed by atoms with Crippen LogP contribution < -0.4 is 10.2 Å². The summed E-state index contributed by atoms with van der Waals surface area (Å²) in [6, 6.07) is 8.93. The number of nitro groups is 1. The van der Waals surface area contributed by atoms with Gasteiger partial charge < -0.3 is 10.2 Å². The van der Waals surface area contributed by atoms with Crippen LogP contribution in [0, 0.1) is 15.9 Å². The van der Waals surface area contributed by atoms with E-state index in [0.29, 0.717) is 49.0 Å². The van der Waals surface area contributed by atoms with Gasteiger partial charge in [-0.2, -0.15) is 0 Å². The van der Waals surface area contributed by atoms with Crippen LogP contribution in [0.4, 0.5) is 15.8 Å². The molecule has 0 saturated carbocycles. The number of hydrogen-bond acceptors (Lipinski definition) is 5. The number of piperazine rings is 1. The molecule has 1 aliphatic heterocycles. The highest BCUT2D eigenvalue weighted by Gasteiger charge is 2.24. The fourth-order valence-corrected chi connectivity index (χ4v) is 3.51. The van der Waals surface area contributed by atoms with Gasteiger partial charge in [0.2, 0.25) is 0 Å². The fourth-order valence-electron chi connectivity index (χ4n) is 3.28. The first-order chi connectivity index (χ1) is 13.4. The molecule has 2 aromatic rings. The Morgan fingerprint density at radius 2 is 1.96 bits per heavy atom. The van der Waals surface area contributed by atoms with E-state index >= 15 is 0 Å². The molecule has 0 atom stereocenters. The molecule has 9 heteroatoms. The first-order valence-electron chi connectivity index (χ1n) is 8.81. The van der Waals surface area contributed by atoms with Crippen molar-refractivity contribution in [1.29, 1.82) is 0 Å². The number of rotatable bonds is 5. The van der Waals surface area contributed by atoms with Crippen molar-refractivity contribution in [3.8, 4) is 0 Å². The van der Waals surface area contributed by atoms with Crippen LogP contribution in [0.25, 0.3) is 0 Å². The van der Waals surface area contributed by atoms with Crippen molar-refractivity contribution in [3.05, 3.63) is 68.5 Å². The summed E-state index contributed by atoms with van der Waals surface area (Å²) in [6.45, 7) is 2.91. The molecule has 1 heterocycles. The first kappa shape index (κ1) is 20.0. The van der Waals surface area contributed by atoms with Crippen LogP contribution in [0.1, 0.15) is 15.9 Å². The maximum atomic E-state index is 14.0. The van der Waals surface area contributed by atoms with Crippen molar-refractivity contribution < 1.29 is 14.1 Å². The lowest BCUT2D eigenvalue weighted by Gasteiger charge is -2.37. The molecular weight excluding hydrogens is 387 g/mol. The van der Waals surface area contributed by atoms with Crippen LogP contribution in [0.5, 0.6) is 0 Å². The molecule has 7 nitrogen and oxygen atoms in total. The Hall–Kier alpha value is -2.71. The number of nitro benzene ring substituents is 1. The Morgan fingerprint density at radius 1 is 1.25 bits per heavy atom. The highest BCUT2D eigenvalue weighted by Crippen LogP contribution is 2.27. The number of nitrogens with one attached hydrogen (secondary N) is 1. The first-order valence-corrected chi connectivity index (χ1v) is 9.19. The number of amides is 1. The predicted octanol–water partition coefficient (Wildman–Crippen LogP) is 3.07. The van der Waals surface area contributed by atoms with Gasteiger partial charge in [0.1, 0.15) is 5.82 Å². The Kier molecular flexibility index (Phi) is 6.11. The normalized spacial score (nSPS) is 14.8. The number of benzene rings is 2. The fraction of sp³-hybridized carbons (Fsp3) is 0.316. The van der Waals surface area contributed by atoms with E-state index in [4.69, 9.17) is 11.6 Å². The zero-order valence-electron chi connectivity index (χ0n) is 15.3. The van der Waals surface area contributed by atoms with Gasteiger partial charge in [0.15, 0.2) is 0 Å². The molecule has 0 bridgehead atoms. The Balaban J connectivity index is 1.74. The standard InChI is InChI=1S/C19H20ClFN4O3/c1-22-19(26)14-11-13(25(27)28)5-6-18(14)24-9-7-23(8-10-24)12-15-16(20)3-2-4-17(15)21/h2-6,11H,7-10,12H2,1H3,(H,22,26). The number of hydrogen-bond donors (Lipinski definition) is 1. The Morgan fingerprint density at radius 3 is 2.57 bits per heavy atom. The minimum atomic E-state index is -0.522. The Labute approximate surface area is 166 Å². The summed E-state index contributed by atoms with van der Waals surface area (Å²) in [5.74, 6) is -0.702. The summed E-state index contributed by atoms with van der Waals surface area (Å²) in [6.07, 6.45) is 0. The topological polar surface area (TPSA) is 78.7 Å². The maximum absolute atomic E-state index is 14.0. The number of anilines is 1. The van der Waals surface area contributed by atoms with E-state index in [2.05, 4.69) is 10.2 Å². The van der Waals surface area contributed by atoms with E-state index in [0.717, 1.165) is 0 Å². The van der Waals surface area contributed by atoms with E-state index in [1.54, 1.807) is 18.2 Å². The van der Waals surface area contributed by atoms with Crippen molar-refractivity contribution in [1.82, 2.24) is 10.2 Å². The average molecular weight is 407 g/mol. The summed E-state index contributed by atoms with van der Waals surface area (Å²) in [7, 11) is 1.49. The quantitative estimate of drug-likeness (QED) is 0.609. The third-order valence-corrected chi connectivity index (χ3v) is 5.17. The number of nitrogens with zero attached hydrogens (tertiary/aromatic N) is 3. The molecule has 28 heavy (non-hydrogen) atoms. The van der Waals surface area contributed by atoms with Gasteiger partial charge >= 0.3 is 0 Å². The molecule has 0 aliphatic carbocycles. The van der Waals surface area contributed by atoms with E-state index in [-0.39, 0.29) is 23.0 Å². The molecule has 0 unspecified atom stereocenters. The summed E-state index contributed by atoms with van der Waals surface area (Å²) in [5.41, 5.74) is 1.25. The molecule has 148 valence electrons. The largest absolute Gasteiger partial charge is 0.368 e. The van der Waals surface area contributed by atoms with Gasteiger partial charge in [0, 0.05) is 62.5 Å². The third-order valence-electron chi connectivity index (χ3n) is 4.82. The summed E-state index contributed by atoms with van der Waals surface area (Å²) in [5, 5.41) is 14.0. The van der Waals surface area contributed by atoms with Gasteiger partial charge in [-0.3, -0.25) is 19.8 Å². The van der Waals surface area contributed by atoms with E-state index < -0.39 is 4.92 Å². The second-order valence-electron chi connectivity index (χ2n) is 6.50. The van der Waals surface area contributed by atoms with E-state index in [1.165, 1.54) is 25.2 Å². The van der Waals surface area contributed by atoms with Gasteiger partial charge in [0.05, 0.1) is 16.2 Å². The summed E-state index contributed by atoms with van der Waals surface area (Å²) in [4.78, 5) is 26.8. The Bertz CT molecular complexity index is 880. The molecule has 2 aromatic carbocycles. The number of halogens is 2. The number of carbonyl (C=O) groups excluding carboxylic acids is 1. The molecule has 0 spiro atoms. The van der Waals surface area contributed by atoms with Crippen molar-refractivity contribution >= 4 is 28.9 Å². The second kappa shape index (κ2) is 8.53. The van der Waals surface area contributed by atoms with Crippen LogP contribution in [0.3, 0.4) is 0 Å². The SMILES string of the molecule is CNC(=O)c1cc([N+](=O)[O-])ccc1N1CCN(Cc2c(F)cccc2Cl)CC1. The summed E-state index contributed by atoms with van der Waals surface area (Å²) < 4.78 is 14.0. The number of carbonyl (C=O) groups is 1. The zero-order valence-corrected chi connectivity index (χ0v) is 16.1. The average Bonchev–Trinajstić information content (AvgIpc) is 2.70. The van der Waals surface area contributed by atoms with Crippen molar-refractivity contribution in [2.45, 2.75) is 6.54 Å². The van der Waals surface area contributed by atoms with Crippen molar-refractivity contribution in [2.24, 2.45) is 0 Å². The molecule has 1 fully saturated rings. The van der Waals surface area contributed by atoms with Gasteiger partial charge in [-0.05, 0) is 18.2 Å². The third kappa shape index (κ3) is 4.23. The molecule has 1 saturated heterocycles. The molecule has 0 aromatic heterocycles. The van der Waals surface area contributed by atoms with Gasteiger partial charge in [0.25, 0.3) is 11.6 Å². The molecule has 1 amide bonds. The molecule has 0 radical (unpaired) electrons. The van der Waals surface area contributed by atoms with Crippen LogP contribution in [0.2, 0.25) is 5.02 Å². The van der Waals surface area contributed by atoms with Gasteiger partial charge in [-0.15, -0.1) is 0 Å². The maximum Gasteiger partial charge on any atom is 0.270 e. The minimum absolute atomic E-state index is 0.129. The lowest BCUT2D eigenvalue weighted by Crippen LogP contribution is -2.46. The van der Waals surface area contributed by atoms with E-state index in [1.807, 2.05) is 4.90 Å². The van der Waals surface area contributed by atoms with Crippen LogP contribution in [-0.2, 0) is 6.54 Å². The highest BCUT2D eigenvalue weighted by atomic mass is 35.5. The monoisotopic (exact) mass is 406 g/mol. The highest BCUT2D eigenvalue weighted by molar-refractivity contribution is 6.31. The molecule has 1 aliphatic rings. The van der Waals surface area contributed by atoms with Gasteiger partial charge in [-0.1, -0.05) is 17.7 Å².